The first-order valence-corrected chi connectivity index (χ1v) is 5.80. The van der Waals surface area contributed by atoms with Gasteiger partial charge in [0.2, 0.25) is 0 Å². The van der Waals surface area contributed by atoms with Crippen LogP contribution in [0.1, 0.15) is 24.8 Å². The maximum absolute atomic E-state index is 11.7. The van der Waals surface area contributed by atoms with Gasteiger partial charge in [0.05, 0.1) is 0 Å². The molecule has 2 rings (SSSR count). The molecule has 4 heteroatoms. The van der Waals surface area contributed by atoms with Crippen molar-refractivity contribution in [2.75, 3.05) is 6.54 Å². The minimum Gasteiger partial charge on any atom is -0.460 e. The Bertz CT molecular complexity index is 337. The first kappa shape index (κ1) is 14.0. The van der Waals surface area contributed by atoms with Crippen LogP contribution in [-0.2, 0) is 16.1 Å². The molecule has 1 heterocycles. The Labute approximate surface area is 108 Å². The number of ether oxygens (including phenoxy) is 1. The zero-order valence-corrected chi connectivity index (χ0v) is 10.5. The van der Waals surface area contributed by atoms with Crippen LogP contribution in [0.4, 0.5) is 0 Å². The molecule has 1 saturated heterocycles. The summed E-state index contributed by atoms with van der Waals surface area (Å²) in [6.45, 7) is 1.29. The highest BCUT2D eigenvalue weighted by Crippen LogP contribution is 2.09. The van der Waals surface area contributed by atoms with E-state index >= 15 is 0 Å². The minimum absolute atomic E-state index is 0. The second kappa shape index (κ2) is 7.30. The van der Waals surface area contributed by atoms with E-state index in [0.717, 1.165) is 31.4 Å². The fourth-order valence-electron chi connectivity index (χ4n) is 1.88. The Morgan fingerprint density at radius 3 is 2.71 bits per heavy atom. The van der Waals surface area contributed by atoms with E-state index in [9.17, 15) is 4.79 Å². The molecule has 1 atom stereocenters. The van der Waals surface area contributed by atoms with E-state index in [4.69, 9.17) is 4.74 Å². The van der Waals surface area contributed by atoms with E-state index in [2.05, 4.69) is 5.32 Å². The lowest BCUT2D eigenvalue weighted by Crippen LogP contribution is -2.41. The predicted molar refractivity (Wildman–Crippen MR) is 69.1 cm³/mol. The highest BCUT2D eigenvalue weighted by molar-refractivity contribution is 5.85. The lowest BCUT2D eigenvalue weighted by atomic mass is 10.1. The number of carbonyl (C=O) groups excluding carboxylic acids is 1. The highest BCUT2D eigenvalue weighted by atomic mass is 35.5. The van der Waals surface area contributed by atoms with Gasteiger partial charge in [0.1, 0.15) is 12.6 Å². The van der Waals surface area contributed by atoms with Crippen LogP contribution < -0.4 is 5.32 Å². The van der Waals surface area contributed by atoms with Crippen LogP contribution in [0.15, 0.2) is 30.3 Å². The largest absolute Gasteiger partial charge is 0.460 e. The number of hydrogen-bond acceptors (Lipinski definition) is 3. The van der Waals surface area contributed by atoms with Crippen LogP contribution in [0, 0.1) is 0 Å². The second-order valence-corrected chi connectivity index (χ2v) is 4.10. The smallest absolute Gasteiger partial charge is 0.323 e. The zero-order valence-electron chi connectivity index (χ0n) is 9.72. The summed E-state index contributed by atoms with van der Waals surface area (Å²) >= 11 is 0. The molecular formula is C13H18ClNO2. The van der Waals surface area contributed by atoms with E-state index < -0.39 is 0 Å². The van der Waals surface area contributed by atoms with Crippen molar-refractivity contribution in [3.05, 3.63) is 35.9 Å². The fraction of sp³-hybridized carbons (Fsp3) is 0.462. The van der Waals surface area contributed by atoms with Gasteiger partial charge in [-0.3, -0.25) is 4.79 Å². The fourth-order valence-corrected chi connectivity index (χ4v) is 1.88. The standard InChI is InChI=1S/C13H17NO2.ClH/c15-13(12-8-4-5-9-14-12)16-10-11-6-2-1-3-7-11;/h1-3,6-7,12,14H,4-5,8-10H2;1H/t12-;/m1./s1. The summed E-state index contributed by atoms with van der Waals surface area (Å²) in [6, 6.07) is 9.67. The van der Waals surface area contributed by atoms with Crippen molar-refractivity contribution in [3.8, 4) is 0 Å². The van der Waals surface area contributed by atoms with Gasteiger partial charge in [-0.25, -0.2) is 0 Å². The topological polar surface area (TPSA) is 38.3 Å². The summed E-state index contributed by atoms with van der Waals surface area (Å²) in [5.41, 5.74) is 1.03. The lowest BCUT2D eigenvalue weighted by molar-refractivity contribution is -0.148. The summed E-state index contributed by atoms with van der Waals surface area (Å²) in [6.07, 6.45) is 3.16. The Morgan fingerprint density at radius 2 is 2.06 bits per heavy atom. The number of nitrogens with one attached hydrogen (secondary N) is 1. The van der Waals surface area contributed by atoms with Gasteiger partial charge in [-0.2, -0.15) is 0 Å². The summed E-state index contributed by atoms with van der Waals surface area (Å²) in [4.78, 5) is 11.7. The number of piperidine rings is 1. The molecule has 1 fully saturated rings. The average Bonchev–Trinajstić information content (AvgIpc) is 2.38. The Morgan fingerprint density at radius 1 is 1.29 bits per heavy atom. The quantitative estimate of drug-likeness (QED) is 0.843. The third kappa shape index (κ3) is 4.36. The summed E-state index contributed by atoms with van der Waals surface area (Å²) < 4.78 is 5.27. The van der Waals surface area contributed by atoms with E-state index in [-0.39, 0.29) is 24.4 Å². The van der Waals surface area contributed by atoms with E-state index in [1.165, 1.54) is 0 Å². The number of halogens is 1. The first-order valence-electron chi connectivity index (χ1n) is 5.80. The maximum Gasteiger partial charge on any atom is 0.323 e. The van der Waals surface area contributed by atoms with Gasteiger partial charge >= 0.3 is 5.97 Å². The first-order chi connectivity index (χ1) is 7.86. The molecule has 1 aromatic rings. The molecule has 0 saturated carbocycles. The summed E-state index contributed by atoms with van der Waals surface area (Å²) in [5.74, 6) is -0.122. The molecule has 0 bridgehead atoms. The normalized spacial score (nSPS) is 19.2. The number of benzene rings is 1. The van der Waals surface area contributed by atoms with E-state index in [1.807, 2.05) is 30.3 Å². The summed E-state index contributed by atoms with van der Waals surface area (Å²) in [5, 5.41) is 3.18. The molecule has 0 aromatic heterocycles. The maximum atomic E-state index is 11.7. The molecule has 1 aromatic carbocycles. The van der Waals surface area contributed by atoms with E-state index in [1.54, 1.807) is 0 Å². The van der Waals surface area contributed by atoms with Crippen molar-refractivity contribution >= 4 is 18.4 Å². The molecule has 0 spiro atoms. The Kier molecular flexibility index (Phi) is 6.01. The van der Waals surface area contributed by atoms with Gasteiger partial charge in [0.15, 0.2) is 0 Å². The number of rotatable bonds is 3. The van der Waals surface area contributed by atoms with Crippen LogP contribution in [0.2, 0.25) is 0 Å². The molecule has 94 valence electrons. The van der Waals surface area contributed by atoms with Crippen LogP contribution in [0.25, 0.3) is 0 Å². The molecule has 17 heavy (non-hydrogen) atoms. The van der Waals surface area contributed by atoms with Crippen LogP contribution in [0.3, 0.4) is 0 Å². The van der Waals surface area contributed by atoms with Crippen molar-refractivity contribution in [2.24, 2.45) is 0 Å². The van der Waals surface area contributed by atoms with Gasteiger partial charge < -0.3 is 10.1 Å². The number of hydrogen-bond donors (Lipinski definition) is 1. The molecule has 1 N–H and O–H groups in total. The monoisotopic (exact) mass is 255 g/mol. The number of carbonyl (C=O) groups is 1. The molecular weight excluding hydrogens is 238 g/mol. The van der Waals surface area contributed by atoms with Crippen molar-refractivity contribution in [1.29, 1.82) is 0 Å². The highest BCUT2D eigenvalue weighted by Gasteiger charge is 2.21. The third-order valence-electron chi connectivity index (χ3n) is 2.82. The Hall–Kier alpha value is -1.06. The van der Waals surface area contributed by atoms with Crippen molar-refractivity contribution < 1.29 is 9.53 Å². The van der Waals surface area contributed by atoms with Crippen LogP contribution >= 0.6 is 12.4 Å². The Balaban J connectivity index is 0.00000144. The van der Waals surface area contributed by atoms with Gasteiger partial charge in [0.25, 0.3) is 0 Å². The average molecular weight is 256 g/mol. The van der Waals surface area contributed by atoms with Crippen LogP contribution in [-0.4, -0.2) is 18.6 Å². The van der Waals surface area contributed by atoms with Gasteiger partial charge in [0, 0.05) is 0 Å². The molecule has 0 radical (unpaired) electrons. The summed E-state index contributed by atoms with van der Waals surface area (Å²) in [7, 11) is 0. The minimum atomic E-state index is -0.122. The molecule has 3 nitrogen and oxygen atoms in total. The molecule has 0 aliphatic carbocycles. The van der Waals surface area contributed by atoms with Crippen molar-refractivity contribution in [2.45, 2.75) is 31.9 Å². The van der Waals surface area contributed by atoms with Crippen LogP contribution in [0.5, 0.6) is 0 Å². The molecule has 0 amide bonds. The number of esters is 1. The third-order valence-corrected chi connectivity index (χ3v) is 2.82. The lowest BCUT2D eigenvalue weighted by Gasteiger charge is -2.21. The van der Waals surface area contributed by atoms with Crippen molar-refractivity contribution in [1.82, 2.24) is 5.32 Å². The predicted octanol–water partition coefficient (Wildman–Crippen LogP) is 2.29. The van der Waals surface area contributed by atoms with Gasteiger partial charge in [-0.1, -0.05) is 36.8 Å². The molecule has 0 unspecified atom stereocenters. The van der Waals surface area contributed by atoms with Gasteiger partial charge in [-0.15, -0.1) is 12.4 Å². The van der Waals surface area contributed by atoms with Gasteiger partial charge in [-0.05, 0) is 24.9 Å². The SMILES string of the molecule is Cl.O=C(OCc1ccccc1)[C@H]1CCCCN1. The second-order valence-electron chi connectivity index (χ2n) is 4.10. The zero-order chi connectivity index (χ0) is 11.2. The molecule has 1 aliphatic rings. The van der Waals surface area contributed by atoms with Crippen molar-refractivity contribution in [3.63, 3.8) is 0 Å². The molecule has 1 aliphatic heterocycles. The van der Waals surface area contributed by atoms with E-state index in [0.29, 0.717) is 6.61 Å².